The Morgan fingerprint density at radius 3 is 2.69 bits per heavy atom. The van der Waals surface area contributed by atoms with Crippen LogP contribution in [0.4, 0.5) is 5.13 Å². The zero-order chi connectivity index (χ0) is 12.1. The summed E-state index contributed by atoms with van der Waals surface area (Å²) in [6.45, 7) is 5.52. The van der Waals surface area contributed by atoms with Crippen molar-refractivity contribution in [1.82, 2.24) is 10.3 Å². The van der Waals surface area contributed by atoms with Crippen LogP contribution in [0.15, 0.2) is 0 Å². The number of nitrogens with one attached hydrogen (secondary N) is 1. The SMILES string of the molecule is Cc1nc(N(C)C)sc1CNCCC(C)O. The van der Waals surface area contributed by atoms with Crippen molar-refractivity contribution in [1.29, 1.82) is 0 Å². The molecule has 0 bridgehead atoms. The highest BCUT2D eigenvalue weighted by Crippen LogP contribution is 2.24. The number of hydrogen-bond donors (Lipinski definition) is 2. The van der Waals surface area contributed by atoms with Gasteiger partial charge in [0.15, 0.2) is 5.13 Å². The molecule has 0 aliphatic heterocycles. The second kappa shape index (κ2) is 6.18. The van der Waals surface area contributed by atoms with E-state index in [9.17, 15) is 0 Å². The molecule has 0 aliphatic rings. The summed E-state index contributed by atoms with van der Waals surface area (Å²) in [5.41, 5.74) is 1.10. The second-order valence-electron chi connectivity index (χ2n) is 4.21. The molecule has 5 heteroatoms. The van der Waals surface area contributed by atoms with Gasteiger partial charge in [0.25, 0.3) is 0 Å². The number of rotatable bonds is 6. The van der Waals surface area contributed by atoms with Crippen LogP contribution in [0.1, 0.15) is 23.9 Å². The molecule has 1 unspecified atom stereocenters. The van der Waals surface area contributed by atoms with Gasteiger partial charge in [-0.25, -0.2) is 4.98 Å². The lowest BCUT2D eigenvalue weighted by Crippen LogP contribution is -2.18. The number of hydrogen-bond acceptors (Lipinski definition) is 5. The van der Waals surface area contributed by atoms with Crippen molar-refractivity contribution in [3.63, 3.8) is 0 Å². The molecule has 1 rings (SSSR count). The summed E-state index contributed by atoms with van der Waals surface area (Å²) in [6.07, 6.45) is 0.561. The third-order valence-corrected chi connectivity index (χ3v) is 3.61. The number of aromatic nitrogens is 1. The van der Waals surface area contributed by atoms with Crippen LogP contribution in [0.25, 0.3) is 0 Å². The first-order valence-corrected chi connectivity index (χ1v) is 6.34. The van der Waals surface area contributed by atoms with E-state index in [4.69, 9.17) is 5.11 Å². The van der Waals surface area contributed by atoms with Gasteiger partial charge in [-0.15, -0.1) is 11.3 Å². The Labute approximate surface area is 101 Å². The third-order valence-electron chi connectivity index (χ3n) is 2.29. The fraction of sp³-hybridized carbons (Fsp3) is 0.727. The standard InChI is InChI=1S/C11H21N3OS/c1-8(15)5-6-12-7-10-9(2)13-11(16-10)14(3)4/h8,12,15H,5-7H2,1-4H3. The van der Waals surface area contributed by atoms with Crippen LogP contribution in [-0.2, 0) is 6.54 Å². The summed E-state index contributed by atoms with van der Waals surface area (Å²) >= 11 is 1.72. The molecule has 1 atom stereocenters. The normalized spacial score (nSPS) is 12.8. The molecule has 0 saturated carbocycles. The van der Waals surface area contributed by atoms with Crippen LogP contribution >= 0.6 is 11.3 Å². The molecule has 4 nitrogen and oxygen atoms in total. The Bertz CT molecular complexity index is 323. The van der Waals surface area contributed by atoms with E-state index < -0.39 is 0 Å². The number of anilines is 1. The van der Waals surface area contributed by atoms with Gasteiger partial charge in [-0.3, -0.25) is 0 Å². The topological polar surface area (TPSA) is 48.4 Å². The number of thiazole rings is 1. The maximum absolute atomic E-state index is 9.12. The molecule has 0 amide bonds. The number of aliphatic hydroxyl groups excluding tert-OH is 1. The van der Waals surface area contributed by atoms with E-state index in [-0.39, 0.29) is 6.10 Å². The van der Waals surface area contributed by atoms with Crippen LogP contribution in [0, 0.1) is 6.92 Å². The summed E-state index contributed by atoms with van der Waals surface area (Å²) in [5.74, 6) is 0. The van der Waals surface area contributed by atoms with E-state index in [1.807, 2.05) is 32.8 Å². The Morgan fingerprint density at radius 2 is 2.19 bits per heavy atom. The van der Waals surface area contributed by atoms with Crippen molar-refractivity contribution in [3.05, 3.63) is 10.6 Å². The smallest absolute Gasteiger partial charge is 0.185 e. The van der Waals surface area contributed by atoms with Gasteiger partial charge in [-0.2, -0.15) is 0 Å². The van der Waals surface area contributed by atoms with E-state index in [1.54, 1.807) is 11.3 Å². The molecule has 0 saturated heterocycles. The van der Waals surface area contributed by atoms with Gasteiger partial charge in [0.2, 0.25) is 0 Å². The van der Waals surface area contributed by atoms with E-state index in [2.05, 4.69) is 10.3 Å². The quantitative estimate of drug-likeness (QED) is 0.741. The summed E-state index contributed by atoms with van der Waals surface area (Å²) in [4.78, 5) is 7.78. The van der Waals surface area contributed by atoms with E-state index in [1.165, 1.54) is 4.88 Å². The second-order valence-corrected chi connectivity index (χ2v) is 5.28. The van der Waals surface area contributed by atoms with Crippen LogP contribution < -0.4 is 10.2 Å². The molecule has 1 heterocycles. The van der Waals surface area contributed by atoms with Crippen LogP contribution in [0.2, 0.25) is 0 Å². The third kappa shape index (κ3) is 4.08. The van der Waals surface area contributed by atoms with Crippen LogP contribution in [-0.4, -0.2) is 36.8 Å². The minimum Gasteiger partial charge on any atom is -0.393 e. The molecular formula is C11H21N3OS. The lowest BCUT2D eigenvalue weighted by Gasteiger charge is -2.06. The van der Waals surface area contributed by atoms with Crippen molar-refractivity contribution in [2.24, 2.45) is 0 Å². The van der Waals surface area contributed by atoms with E-state index >= 15 is 0 Å². The first-order chi connectivity index (χ1) is 7.50. The van der Waals surface area contributed by atoms with Crippen molar-refractivity contribution in [3.8, 4) is 0 Å². The fourth-order valence-electron chi connectivity index (χ4n) is 1.28. The molecule has 1 aromatic rings. The zero-order valence-electron chi connectivity index (χ0n) is 10.4. The molecule has 0 fully saturated rings. The largest absolute Gasteiger partial charge is 0.393 e. The molecule has 0 spiro atoms. The van der Waals surface area contributed by atoms with Crippen LogP contribution in [0.5, 0.6) is 0 Å². The maximum atomic E-state index is 9.12. The Balaban J connectivity index is 2.41. The highest BCUT2D eigenvalue weighted by molar-refractivity contribution is 7.15. The molecule has 1 aromatic heterocycles. The van der Waals surface area contributed by atoms with Gasteiger partial charge in [-0.05, 0) is 26.8 Å². The van der Waals surface area contributed by atoms with Crippen LogP contribution in [0.3, 0.4) is 0 Å². The Kier molecular flexibility index (Phi) is 5.18. The van der Waals surface area contributed by atoms with Gasteiger partial charge < -0.3 is 15.3 Å². The molecule has 0 aromatic carbocycles. The molecule has 16 heavy (non-hydrogen) atoms. The molecule has 2 N–H and O–H groups in total. The molecular weight excluding hydrogens is 222 g/mol. The van der Waals surface area contributed by atoms with Gasteiger partial charge in [0.05, 0.1) is 11.8 Å². The van der Waals surface area contributed by atoms with Crippen molar-refractivity contribution >= 4 is 16.5 Å². The van der Waals surface area contributed by atoms with Gasteiger partial charge in [0, 0.05) is 25.5 Å². The minimum absolute atomic E-state index is 0.229. The molecule has 0 radical (unpaired) electrons. The molecule has 0 aliphatic carbocycles. The van der Waals surface area contributed by atoms with Crippen molar-refractivity contribution in [2.45, 2.75) is 32.9 Å². The number of aliphatic hydroxyl groups is 1. The predicted molar refractivity (Wildman–Crippen MR) is 69.2 cm³/mol. The number of aryl methyl sites for hydroxylation is 1. The van der Waals surface area contributed by atoms with Gasteiger partial charge in [-0.1, -0.05) is 0 Å². The van der Waals surface area contributed by atoms with Crippen molar-refractivity contribution in [2.75, 3.05) is 25.5 Å². The predicted octanol–water partition coefficient (Wildman–Crippen LogP) is 1.38. The Hall–Kier alpha value is -0.650. The van der Waals surface area contributed by atoms with Gasteiger partial charge in [0.1, 0.15) is 0 Å². The first-order valence-electron chi connectivity index (χ1n) is 5.53. The highest BCUT2D eigenvalue weighted by atomic mass is 32.1. The lowest BCUT2D eigenvalue weighted by atomic mass is 10.3. The highest BCUT2D eigenvalue weighted by Gasteiger charge is 2.08. The van der Waals surface area contributed by atoms with E-state index in [0.717, 1.165) is 30.3 Å². The number of nitrogens with zero attached hydrogens (tertiary/aromatic N) is 2. The average Bonchev–Trinajstić information content (AvgIpc) is 2.55. The fourth-order valence-corrected chi connectivity index (χ4v) is 2.23. The maximum Gasteiger partial charge on any atom is 0.185 e. The zero-order valence-corrected chi connectivity index (χ0v) is 11.3. The summed E-state index contributed by atoms with van der Waals surface area (Å²) in [7, 11) is 4.01. The molecule has 92 valence electrons. The average molecular weight is 243 g/mol. The van der Waals surface area contributed by atoms with Gasteiger partial charge >= 0.3 is 0 Å². The lowest BCUT2D eigenvalue weighted by molar-refractivity contribution is 0.183. The first kappa shape index (κ1) is 13.4. The summed E-state index contributed by atoms with van der Waals surface area (Å²) < 4.78 is 0. The monoisotopic (exact) mass is 243 g/mol. The minimum atomic E-state index is -0.229. The van der Waals surface area contributed by atoms with Crippen molar-refractivity contribution < 1.29 is 5.11 Å². The summed E-state index contributed by atoms with van der Waals surface area (Å²) in [5, 5.41) is 13.5. The Morgan fingerprint density at radius 1 is 1.50 bits per heavy atom. The van der Waals surface area contributed by atoms with E-state index in [0.29, 0.717) is 0 Å². The summed E-state index contributed by atoms with van der Waals surface area (Å²) in [6, 6.07) is 0.